The average Bonchev–Trinajstić information content (AvgIpc) is 3.45. The monoisotopic (exact) mass is 419 g/mol. The highest BCUT2D eigenvalue weighted by Crippen LogP contribution is 2.30. The van der Waals surface area contributed by atoms with E-state index in [1.807, 2.05) is 10.6 Å². The van der Waals surface area contributed by atoms with Gasteiger partial charge in [0.15, 0.2) is 5.65 Å². The molecule has 1 fully saturated rings. The second-order valence-electron chi connectivity index (χ2n) is 7.60. The SMILES string of the molecule is COc1cccc(N2CCN(c3c(C)c(C)nc4cc(-c5cccs5)nn34)CC2)c1. The number of anilines is 2. The molecule has 30 heavy (non-hydrogen) atoms. The lowest BCUT2D eigenvalue weighted by molar-refractivity contribution is 0.414. The van der Waals surface area contributed by atoms with Crippen molar-refractivity contribution in [2.75, 3.05) is 43.1 Å². The number of methoxy groups -OCH3 is 1. The number of aromatic nitrogens is 3. The molecule has 0 spiro atoms. The number of benzene rings is 1. The molecule has 0 bridgehead atoms. The van der Waals surface area contributed by atoms with E-state index in [0.717, 1.165) is 54.8 Å². The Morgan fingerprint density at radius 1 is 0.967 bits per heavy atom. The second-order valence-corrected chi connectivity index (χ2v) is 8.55. The van der Waals surface area contributed by atoms with Gasteiger partial charge in [-0.05, 0) is 37.4 Å². The van der Waals surface area contributed by atoms with Gasteiger partial charge in [0.25, 0.3) is 0 Å². The molecule has 0 radical (unpaired) electrons. The summed E-state index contributed by atoms with van der Waals surface area (Å²) in [4.78, 5) is 10.8. The van der Waals surface area contributed by atoms with E-state index in [9.17, 15) is 0 Å². The zero-order valence-corrected chi connectivity index (χ0v) is 18.3. The van der Waals surface area contributed by atoms with E-state index in [2.05, 4.69) is 65.4 Å². The van der Waals surface area contributed by atoms with Crippen molar-refractivity contribution in [1.29, 1.82) is 0 Å². The predicted molar refractivity (Wildman–Crippen MR) is 123 cm³/mol. The topological polar surface area (TPSA) is 45.9 Å². The van der Waals surface area contributed by atoms with Gasteiger partial charge in [-0.15, -0.1) is 11.3 Å². The summed E-state index contributed by atoms with van der Waals surface area (Å²) in [7, 11) is 1.71. The molecular weight excluding hydrogens is 394 g/mol. The van der Waals surface area contributed by atoms with E-state index < -0.39 is 0 Å². The van der Waals surface area contributed by atoms with Crippen LogP contribution in [0.15, 0.2) is 47.8 Å². The van der Waals surface area contributed by atoms with Crippen molar-refractivity contribution in [3.8, 4) is 16.3 Å². The molecule has 3 aromatic heterocycles. The number of fused-ring (bicyclic) bond motifs is 1. The van der Waals surface area contributed by atoms with Crippen LogP contribution in [0.3, 0.4) is 0 Å². The smallest absolute Gasteiger partial charge is 0.158 e. The van der Waals surface area contributed by atoms with Gasteiger partial charge in [-0.1, -0.05) is 12.1 Å². The van der Waals surface area contributed by atoms with Crippen molar-refractivity contribution < 1.29 is 4.74 Å². The minimum absolute atomic E-state index is 0.898. The summed E-state index contributed by atoms with van der Waals surface area (Å²) in [5.74, 6) is 2.06. The van der Waals surface area contributed by atoms with Gasteiger partial charge in [0, 0.05) is 55.3 Å². The van der Waals surface area contributed by atoms with Crippen LogP contribution < -0.4 is 14.5 Å². The first-order valence-corrected chi connectivity index (χ1v) is 11.1. The maximum atomic E-state index is 5.39. The molecule has 0 saturated carbocycles. The zero-order chi connectivity index (χ0) is 20.7. The number of nitrogens with zero attached hydrogens (tertiary/aromatic N) is 5. The van der Waals surface area contributed by atoms with E-state index in [-0.39, 0.29) is 0 Å². The summed E-state index contributed by atoms with van der Waals surface area (Å²) in [6, 6.07) is 14.6. The molecule has 154 valence electrons. The number of ether oxygens (including phenoxy) is 1. The fraction of sp³-hybridized carbons (Fsp3) is 0.304. The Kier molecular flexibility index (Phi) is 4.83. The lowest BCUT2D eigenvalue weighted by Crippen LogP contribution is -2.47. The summed E-state index contributed by atoms with van der Waals surface area (Å²) in [6.07, 6.45) is 0. The molecule has 4 heterocycles. The van der Waals surface area contributed by atoms with Crippen LogP contribution >= 0.6 is 11.3 Å². The lowest BCUT2D eigenvalue weighted by Gasteiger charge is -2.38. The number of thiophene rings is 1. The molecule has 1 saturated heterocycles. The quantitative estimate of drug-likeness (QED) is 0.490. The third kappa shape index (κ3) is 3.29. The van der Waals surface area contributed by atoms with E-state index in [0.29, 0.717) is 0 Å². The molecule has 1 aliphatic heterocycles. The number of hydrogen-bond acceptors (Lipinski definition) is 6. The zero-order valence-electron chi connectivity index (χ0n) is 17.5. The highest BCUT2D eigenvalue weighted by Gasteiger charge is 2.23. The van der Waals surface area contributed by atoms with Gasteiger partial charge in [-0.3, -0.25) is 0 Å². The Labute approximate surface area is 180 Å². The van der Waals surface area contributed by atoms with Crippen LogP contribution in [0.4, 0.5) is 11.5 Å². The van der Waals surface area contributed by atoms with Crippen molar-refractivity contribution in [2.45, 2.75) is 13.8 Å². The average molecular weight is 420 g/mol. The largest absolute Gasteiger partial charge is 0.497 e. The van der Waals surface area contributed by atoms with Crippen LogP contribution in [0.2, 0.25) is 0 Å². The Morgan fingerprint density at radius 3 is 2.50 bits per heavy atom. The van der Waals surface area contributed by atoms with Crippen LogP contribution in [-0.4, -0.2) is 47.9 Å². The summed E-state index contributed by atoms with van der Waals surface area (Å²) in [5, 5.41) is 7.01. The van der Waals surface area contributed by atoms with Gasteiger partial charge in [0.05, 0.1) is 12.0 Å². The van der Waals surface area contributed by atoms with Crippen LogP contribution in [0, 0.1) is 13.8 Å². The first-order chi connectivity index (χ1) is 14.6. The third-order valence-corrected chi connectivity index (χ3v) is 6.72. The Balaban J connectivity index is 1.45. The van der Waals surface area contributed by atoms with Crippen molar-refractivity contribution in [2.24, 2.45) is 0 Å². The number of piperazine rings is 1. The molecule has 5 rings (SSSR count). The number of hydrogen-bond donors (Lipinski definition) is 0. The van der Waals surface area contributed by atoms with Gasteiger partial charge >= 0.3 is 0 Å². The van der Waals surface area contributed by atoms with Gasteiger partial charge in [-0.25, -0.2) is 4.98 Å². The maximum absolute atomic E-state index is 5.39. The molecule has 1 aliphatic rings. The minimum Gasteiger partial charge on any atom is -0.497 e. The second kappa shape index (κ2) is 7.65. The predicted octanol–water partition coefficient (Wildman–Crippen LogP) is 4.41. The van der Waals surface area contributed by atoms with Gasteiger partial charge in [0.2, 0.25) is 0 Å². The highest BCUT2D eigenvalue weighted by molar-refractivity contribution is 7.13. The third-order valence-electron chi connectivity index (χ3n) is 5.82. The fourth-order valence-corrected chi connectivity index (χ4v) is 4.76. The van der Waals surface area contributed by atoms with Gasteiger partial charge in [0.1, 0.15) is 17.3 Å². The molecule has 0 aliphatic carbocycles. The van der Waals surface area contributed by atoms with Crippen LogP contribution in [0.25, 0.3) is 16.2 Å². The summed E-state index contributed by atoms with van der Waals surface area (Å²) in [6.45, 7) is 8.01. The molecule has 7 heteroatoms. The van der Waals surface area contributed by atoms with Gasteiger partial charge < -0.3 is 14.5 Å². The standard InChI is InChI=1S/C23H25N5OS/c1-16-17(2)24-22-15-20(21-8-5-13-30-21)25-28(22)23(16)27-11-9-26(10-12-27)18-6-4-7-19(14-18)29-3/h4-8,13-15H,9-12H2,1-3H3. The normalized spacial score (nSPS) is 14.5. The lowest BCUT2D eigenvalue weighted by atomic mass is 10.2. The number of rotatable bonds is 4. The van der Waals surface area contributed by atoms with Crippen LogP contribution in [0.1, 0.15) is 11.3 Å². The Bertz CT molecular complexity index is 1180. The van der Waals surface area contributed by atoms with E-state index in [1.54, 1.807) is 18.4 Å². The molecule has 0 atom stereocenters. The Hall–Kier alpha value is -3.06. The fourth-order valence-electron chi connectivity index (χ4n) is 4.08. The van der Waals surface area contributed by atoms with Crippen molar-refractivity contribution in [3.63, 3.8) is 0 Å². The van der Waals surface area contributed by atoms with Crippen LogP contribution in [0.5, 0.6) is 5.75 Å². The number of aryl methyl sites for hydroxylation is 1. The summed E-state index contributed by atoms with van der Waals surface area (Å²) >= 11 is 1.71. The highest BCUT2D eigenvalue weighted by atomic mass is 32.1. The summed E-state index contributed by atoms with van der Waals surface area (Å²) < 4.78 is 7.42. The first-order valence-electron chi connectivity index (χ1n) is 10.2. The molecule has 0 N–H and O–H groups in total. The van der Waals surface area contributed by atoms with Gasteiger partial charge in [-0.2, -0.15) is 9.61 Å². The summed E-state index contributed by atoms with van der Waals surface area (Å²) in [5.41, 5.74) is 5.36. The van der Waals surface area contributed by atoms with Crippen molar-refractivity contribution in [1.82, 2.24) is 14.6 Å². The molecule has 6 nitrogen and oxygen atoms in total. The van der Waals surface area contributed by atoms with Crippen LogP contribution in [-0.2, 0) is 0 Å². The Morgan fingerprint density at radius 2 is 1.77 bits per heavy atom. The molecule has 0 amide bonds. The first kappa shape index (κ1) is 18.9. The maximum Gasteiger partial charge on any atom is 0.158 e. The van der Waals surface area contributed by atoms with E-state index in [1.165, 1.54) is 16.1 Å². The minimum atomic E-state index is 0.898. The van der Waals surface area contributed by atoms with E-state index >= 15 is 0 Å². The van der Waals surface area contributed by atoms with E-state index in [4.69, 9.17) is 14.8 Å². The molecule has 1 aromatic carbocycles. The molecule has 0 unspecified atom stereocenters. The molecule has 4 aromatic rings. The molecular formula is C23H25N5OS. The van der Waals surface area contributed by atoms with Crippen molar-refractivity contribution >= 4 is 28.5 Å². The van der Waals surface area contributed by atoms with Crippen molar-refractivity contribution in [3.05, 3.63) is 59.1 Å².